The van der Waals surface area contributed by atoms with Crippen molar-refractivity contribution in [3.05, 3.63) is 65.7 Å². The molecule has 0 aliphatic rings. The molecule has 0 saturated carbocycles. The van der Waals surface area contributed by atoms with Gasteiger partial charge in [0.1, 0.15) is 12.4 Å². The molecule has 1 amide bonds. The Bertz CT molecular complexity index is 675. The van der Waals surface area contributed by atoms with Crippen LogP contribution in [0.3, 0.4) is 0 Å². The highest BCUT2D eigenvalue weighted by Gasteiger charge is 2.08. The van der Waals surface area contributed by atoms with Crippen molar-refractivity contribution >= 4 is 23.2 Å². The van der Waals surface area contributed by atoms with Gasteiger partial charge >= 0.3 is 0 Å². The van der Waals surface area contributed by atoms with Crippen molar-refractivity contribution in [2.75, 3.05) is 19.8 Å². The van der Waals surface area contributed by atoms with Crippen molar-refractivity contribution in [2.45, 2.75) is 13.5 Å². The summed E-state index contributed by atoms with van der Waals surface area (Å²) in [4.78, 5) is 12.2. The van der Waals surface area contributed by atoms with Gasteiger partial charge in [-0.3, -0.25) is 10.1 Å². The van der Waals surface area contributed by atoms with Crippen LogP contribution in [-0.2, 0) is 11.3 Å². The van der Waals surface area contributed by atoms with E-state index in [1.165, 1.54) is 0 Å². The van der Waals surface area contributed by atoms with Crippen LogP contribution in [0.2, 0.25) is 0 Å². The number of hydrogen-bond donors (Lipinski definition) is 2. The lowest BCUT2D eigenvalue weighted by molar-refractivity contribution is 0.0976. The van der Waals surface area contributed by atoms with Crippen molar-refractivity contribution in [1.82, 2.24) is 10.6 Å². The highest BCUT2D eigenvalue weighted by atomic mass is 32.1. The molecule has 0 radical (unpaired) electrons. The van der Waals surface area contributed by atoms with E-state index < -0.39 is 0 Å². The van der Waals surface area contributed by atoms with Crippen LogP contribution >= 0.6 is 12.2 Å². The van der Waals surface area contributed by atoms with E-state index in [4.69, 9.17) is 21.7 Å². The molecule has 2 aromatic rings. The van der Waals surface area contributed by atoms with Gasteiger partial charge in [-0.05, 0) is 49.0 Å². The average molecular weight is 358 g/mol. The monoisotopic (exact) mass is 358 g/mol. The number of hydrogen-bond acceptors (Lipinski definition) is 4. The van der Waals surface area contributed by atoms with Gasteiger partial charge in [-0.1, -0.05) is 30.3 Å². The minimum atomic E-state index is -0.258. The second-order valence-corrected chi connectivity index (χ2v) is 5.60. The van der Waals surface area contributed by atoms with Crippen molar-refractivity contribution in [2.24, 2.45) is 0 Å². The third-order valence-electron chi connectivity index (χ3n) is 3.34. The maximum Gasteiger partial charge on any atom is 0.257 e. The molecule has 0 spiro atoms. The molecule has 0 atom stereocenters. The number of nitrogens with one attached hydrogen (secondary N) is 2. The van der Waals surface area contributed by atoms with E-state index in [1.54, 1.807) is 24.3 Å². The zero-order chi connectivity index (χ0) is 17.9. The zero-order valence-electron chi connectivity index (χ0n) is 14.2. The number of carbonyl (C=O) groups excluding carboxylic acids is 1. The first-order valence-corrected chi connectivity index (χ1v) is 8.53. The molecular formula is C19H22N2O3S. The lowest BCUT2D eigenvalue weighted by Crippen LogP contribution is -2.38. The second-order valence-electron chi connectivity index (χ2n) is 5.19. The maximum absolute atomic E-state index is 12.2. The van der Waals surface area contributed by atoms with Crippen LogP contribution in [0, 0.1) is 0 Å². The molecule has 0 bridgehead atoms. The molecule has 2 rings (SSSR count). The molecule has 6 heteroatoms. The zero-order valence-corrected chi connectivity index (χ0v) is 15.0. The molecule has 0 heterocycles. The van der Waals surface area contributed by atoms with Crippen LogP contribution in [0.4, 0.5) is 0 Å². The lowest BCUT2D eigenvalue weighted by Gasteiger charge is -2.10. The van der Waals surface area contributed by atoms with Crippen LogP contribution in [-0.4, -0.2) is 30.8 Å². The van der Waals surface area contributed by atoms with Crippen LogP contribution in [0.25, 0.3) is 0 Å². The minimum Gasteiger partial charge on any atom is -0.491 e. The molecule has 25 heavy (non-hydrogen) atoms. The lowest BCUT2D eigenvalue weighted by atomic mass is 10.2. The Kier molecular flexibility index (Phi) is 7.88. The summed E-state index contributed by atoms with van der Waals surface area (Å²) >= 11 is 5.16. The van der Waals surface area contributed by atoms with Crippen molar-refractivity contribution in [3.8, 4) is 5.75 Å². The first-order valence-electron chi connectivity index (χ1n) is 8.12. The molecule has 0 fully saturated rings. The SMILES string of the molecule is CCOCCOc1ccc(C(=O)NC(=S)NCc2ccccc2)cc1. The molecule has 0 aliphatic carbocycles. The summed E-state index contributed by atoms with van der Waals surface area (Å²) in [5, 5.41) is 5.98. The Labute approximate surface area is 153 Å². The summed E-state index contributed by atoms with van der Waals surface area (Å²) in [7, 11) is 0. The van der Waals surface area contributed by atoms with Crippen LogP contribution < -0.4 is 15.4 Å². The first kappa shape index (κ1) is 18.9. The molecule has 2 N–H and O–H groups in total. The molecular weight excluding hydrogens is 336 g/mol. The highest BCUT2D eigenvalue weighted by molar-refractivity contribution is 7.80. The number of thiocarbonyl (C=S) groups is 1. The maximum atomic E-state index is 12.2. The number of carbonyl (C=O) groups is 1. The van der Waals surface area contributed by atoms with Gasteiger partial charge in [-0.2, -0.15) is 0 Å². The quantitative estimate of drug-likeness (QED) is 0.561. The summed E-state index contributed by atoms with van der Waals surface area (Å²) in [6, 6.07) is 16.7. The van der Waals surface area contributed by atoms with E-state index in [9.17, 15) is 4.79 Å². The van der Waals surface area contributed by atoms with Crippen molar-refractivity contribution in [1.29, 1.82) is 0 Å². The van der Waals surface area contributed by atoms with E-state index in [2.05, 4.69) is 10.6 Å². The van der Waals surface area contributed by atoms with Gasteiger partial charge < -0.3 is 14.8 Å². The normalized spacial score (nSPS) is 10.1. The Morgan fingerprint density at radius 1 is 1.04 bits per heavy atom. The summed E-state index contributed by atoms with van der Waals surface area (Å²) in [6.45, 7) is 4.19. The summed E-state index contributed by atoms with van der Waals surface area (Å²) in [5.41, 5.74) is 1.61. The number of amides is 1. The molecule has 0 aliphatic heterocycles. The molecule has 5 nitrogen and oxygen atoms in total. The van der Waals surface area contributed by atoms with Gasteiger partial charge in [-0.15, -0.1) is 0 Å². The van der Waals surface area contributed by atoms with Gasteiger partial charge in [0.05, 0.1) is 6.61 Å². The van der Waals surface area contributed by atoms with E-state index in [0.717, 1.165) is 5.56 Å². The topological polar surface area (TPSA) is 59.6 Å². The Morgan fingerprint density at radius 2 is 1.76 bits per heavy atom. The minimum absolute atomic E-state index is 0.258. The summed E-state index contributed by atoms with van der Waals surface area (Å²) < 4.78 is 10.7. The highest BCUT2D eigenvalue weighted by Crippen LogP contribution is 2.12. The molecule has 2 aromatic carbocycles. The third kappa shape index (κ3) is 6.91. The van der Waals surface area contributed by atoms with E-state index in [-0.39, 0.29) is 5.91 Å². The number of benzene rings is 2. The predicted octanol–water partition coefficient (Wildman–Crippen LogP) is 2.91. The van der Waals surface area contributed by atoms with Crippen LogP contribution in [0.1, 0.15) is 22.8 Å². The summed E-state index contributed by atoms with van der Waals surface area (Å²) in [6.07, 6.45) is 0. The van der Waals surface area contributed by atoms with Gasteiger partial charge in [0.2, 0.25) is 0 Å². The number of ether oxygens (including phenoxy) is 2. The fraction of sp³-hybridized carbons (Fsp3) is 0.263. The average Bonchev–Trinajstić information content (AvgIpc) is 2.65. The Hall–Kier alpha value is -2.44. The van der Waals surface area contributed by atoms with Gasteiger partial charge in [0.15, 0.2) is 5.11 Å². The first-order chi connectivity index (χ1) is 12.2. The van der Waals surface area contributed by atoms with E-state index in [0.29, 0.717) is 42.8 Å². The van der Waals surface area contributed by atoms with E-state index in [1.807, 2.05) is 37.3 Å². The number of rotatable bonds is 8. The van der Waals surface area contributed by atoms with Crippen LogP contribution in [0.15, 0.2) is 54.6 Å². The molecule has 132 valence electrons. The molecule has 0 aromatic heterocycles. The van der Waals surface area contributed by atoms with Crippen LogP contribution in [0.5, 0.6) is 5.75 Å². The van der Waals surface area contributed by atoms with Crippen molar-refractivity contribution in [3.63, 3.8) is 0 Å². The predicted molar refractivity (Wildman–Crippen MR) is 102 cm³/mol. The molecule has 0 saturated heterocycles. The summed E-state index contributed by atoms with van der Waals surface area (Å²) in [5.74, 6) is 0.437. The Morgan fingerprint density at radius 3 is 2.44 bits per heavy atom. The second kappa shape index (κ2) is 10.4. The van der Waals surface area contributed by atoms with E-state index >= 15 is 0 Å². The fourth-order valence-corrected chi connectivity index (χ4v) is 2.23. The van der Waals surface area contributed by atoms with Gasteiger partial charge in [0.25, 0.3) is 5.91 Å². The standard InChI is InChI=1S/C19H22N2O3S/c1-2-23-12-13-24-17-10-8-16(9-11-17)18(22)21-19(25)20-14-15-6-4-3-5-7-15/h3-11H,2,12-14H2,1H3,(H2,20,21,22,25). The largest absolute Gasteiger partial charge is 0.491 e. The third-order valence-corrected chi connectivity index (χ3v) is 3.59. The van der Waals surface area contributed by atoms with Crippen molar-refractivity contribution < 1.29 is 14.3 Å². The van der Waals surface area contributed by atoms with Gasteiger partial charge in [-0.25, -0.2) is 0 Å². The van der Waals surface area contributed by atoms with Gasteiger partial charge in [0, 0.05) is 18.7 Å². The smallest absolute Gasteiger partial charge is 0.257 e. The Balaban J connectivity index is 1.76. The molecule has 0 unspecified atom stereocenters. The fourth-order valence-electron chi connectivity index (χ4n) is 2.06.